The molecule has 1 aliphatic rings. The second-order valence-corrected chi connectivity index (χ2v) is 5.65. The highest BCUT2D eigenvalue weighted by atomic mass is 16.1. The number of rotatable bonds is 8. The molecular formula is C15H24N4O. The van der Waals surface area contributed by atoms with Gasteiger partial charge < -0.3 is 10.6 Å². The van der Waals surface area contributed by atoms with Crippen molar-refractivity contribution in [2.45, 2.75) is 46.0 Å². The van der Waals surface area contributed by atoms with E-state index < -0.39 is 0 Å². The zero-order valence-electron chi connectivity index (χ0n) is 12.4. The van der Waals surface area contributed by atoms with E-state index in [0.29, 0.717) is 16.9 Å². The van der Waals surface area contributed by atoms with Gasteiger partial charge in [-0.15, -0.1) is 0 Å². The molecule has 1 aromatic heterocycles. The molecule has 20 heavy (non-hydrogen) atoms. The van der Waals surface area contributed by atoms with Gasteiger partial charge in [-0.05, 0) is 31.1 Å². The van der Waals surface area contributed by atoms with Crippen LogP contribution in [0.4, 0.5) is 5.82 Å². The molecule has 0 unspecified atom stereocenters. The molecule has 1 fully saturated rings. The number of anilines is 1. The van der Waals surface area contributed by atoms with Crippen molar-refractivity contribution in [2.24, 2.45) is 5.41 Å². The Hall–Kier alpha value is -1.65. The van der Waals surface area contributed by atoms with E-state index in [1.54, 1.807) is 6.20 Å². The average Bonchev–Trinajstić information content (AvgIpc) is 3.23. The monoisotopic (exact) mass is 276 g/mol. The van der Waals surface area contributed by atoms with E-state index in [9.17, 15) is 4.79 Å². The van der Waals surface area contributed by atoms with Crippen molar-refractivity contribution < 1.29 is 4.79 Å². The van der Waals surface area contributed by atoms with Crippen LogP contribution in [0.15, 0.2) is 12.4 Å². The molecule has 0 bridgehead atoms. The molecule has 110 valence electrons. The SMILES string of the molecule is CCCNc1cncc(C(=O)NCC2(CCC)CC2)n1. The van der Waals surface area contributed by atoms with Crippen LogP contribution in [0.25, 0.3) is 0 Å². The second-order valence-electron chi connectivity index (χ2n) is 5.65. The fourth-order valence-electron chi connectivity index (χ4n) is 2.39. The van der Waals surface area contributed by atoms with Crippen molar-refractivity contribution in [3.8, 4) is 0 Å². The summed E-state index contributed by atoms with van der Waals surface area (Å²) in [6, 6.07) is 0. The summed E-state index contributed by atoms with van der Waals surface area (Å²) in [5.74, 6) is 0.536. The summed E-state index contributed by atoms with van der Waals surface area (Å²) >= 11 is 0. The van der Waals surface area contributed by atoms with Gasteiger partial charge in [0.25, 0.3) is 5.91 Å². The predicted octanol–water partition coefficient (Wildman–Crippen LogP) is 2.61. The van der Waals surface area contributed by atoms with E-state index in [4.69, 9.17) is 0 Å². The fraction of sp³-hybridized carbons (Fsp3) is 0.667. The minimum atomic E-state index is -0.125. The minimum Gasteiger partial charge on any atom is -0.369 e. The number of hydrogen-bond donors (Lipinski definition) is 2. The topological polar surface area (TPSA) is 66.9 Å². The predicted molar refractivity (Wildman–Crippen MR) is 79.7 cm³/mol. The number of nitrogens with zero attached hydrogens (tertiary/aromatic N) is 2. The first-order valence-electron chi connectivity index (χ1n) is 7.53. The van der Waals surface area contributed by atoms with Crippen molar-refractivity contribution in [1.82, 2.24) is 15.3 Å². The Kier molecular flexibility index (Phi) is 4.93. The zero-order chi connectivity index (χ0) is 14.4. The molecule has 1 heterocycles. The molecule has 2 rings (SSSR count). The smallest absolute Gasteiger partial charge is 0.271 e. The molecule has 1 aliphatic carbocycles. The molecule has 0 atom stereocenters. The first-order chi connectivity index (χ1) is 9.69. The van der Waals surface area contributed by atoms with Gasteiger partial charge in [0.2, 0.25) is 0 Å². The summed E-state index contributed by atoms with van der Waals surface area (Å²) in [4.78, 5) is 20.5. The molecular weight excluding hydrogens is 252 g/mol. The second kappa shape index (κ2) is 6.68. The number of nitrogens with one attached hydrogen (secondary N) is 2. The van der Waals surface area contributed by atoms with Gasteiger partial charge in [0.15, 0.2) is 0 Å². The van der Waals surface area contributed by atoms with Crippen molar-refractivity contribution in [1.29, 1.82) is 0 Å². The molecule has 0 aliphatic heterocycles. The van der Waals surface area contributed by atoms with Crippen LogP contribution in [0.1, 0.15) is 56.4 Å². The molecule has 1 saturated carbocycles. The summed E-state index contributed by atoms with van der Waals surface area (Å²) in [5.41, 5.74) is 0.744. The standard InChI is InChI=1S/C15H24N4O/c1-3-5-15(6-7-15)11-18-14(20)12-9-16-10-13(19-12)17-8-4-2/h9-10H,3-8,11H2,1-2H3,(H,17,19)(H,18,20). The molecule has 0 radical (unpaired) electrons. The summed E-state index contributed by atoms with van der Waals surface area (Å²) in [7, 11) is 0. The molecule has 5 heteroatoms. The van der Waals surface area contributed by atoms with Crippen LogP contribution >= 0.6 is 0 Å². The van der Waals surface area contributed by atoms with Gasteiger partial charge in [-0.3, -0.25) is 9.78 Å². The van der Waals surface area contributed by atoms with Crippen molar-refractivity contribution in [2.75, 3.05) is 18.4 Å². The Bertz CT molecular complexity index is 457. The van der Waals surface area contributed by atoms with Crippen molar-refractivity contribution >= 4 is 11.7 Å². The van der Waals surface area contributed by atoms with Crippen LogP contribution in [0, 0.1) is 5.41 Å². The van der Waals surface area contributed by atoms with Crippen LogP contribution in [-0.4, -0.2) is 29.0 Å². The van der Waals surface area contributed by atoms with Gasteiger partial charge >= 0.3 is 0 Å². The Labute approximate surface area is 120 Å². The maximum atomic E-state index is 12.1. The summed E-state index contributed by atoms with van der Waals surface area (Å²) < 4.78 is 0. The quantitative estimate of drug-likeness (QED) is 0.766. The highest BCUT2D eigenvalue weighted by molar-refractivity contribution is 5.92. The molecule has 5 nitrogen and oxygen atoms in total. The van der Waals surface area contributed by atoms with Gasteiger partial charge in [-0.2, -0.15) is 0 Å². The lowest BCUT2D eigenvalue weighted by Crippen LogP contribution is -2.31. The van der Waals surface area contributed by atoms with Crippen LogP contribution in [0.2, 0.25) is 0 Å². The molecule has 0 saturated heterocycles. The lowest BCUT2D eigenvalue weighted by atomic mass is 10.0. The van der Waals surface area contributed by atoms with E-state index in [0.717, 1.165) is 19.5 Å². The third kappa shape index (κ3) is 3.92. The van der Waals surface area contributed by atoms with Gasteiger partial charge in [-0.25, -0.2) is 4.98 Å². The van der Waals surface area contributed by atoms with Gasteiger partial charge in [0.05, 0.1) is 12.4 Å². The maximum absolute atomic E-state index is 12.1. The van der Waals surface area contributed by atoms with Gasteiger partial charge in [0, 0.05) is 13.1 Å². The third-order valence-electron chi connectivity index (χ3n) is 3.78. The largest absolute Gasteiger partial charge is 0.369 e. The Morgan fingerprint density at radius 2 is 2.10 bits per heavy atom. The van der Waals surface area contributed by atoms with Gasteiger partial charge in [-0.1, -0.05) is 20.3 Å². The number of carbonyl (C=O) groups excluding carboxylic acids is 1. The molecule has 2 N–H and O–H groups in total. The third-order valence-corrected chi connectivity index (χ3v) is 3.78. The summed E-state index contributed by atoms with van der Waals surface area (Å²) in [6.07, 6.45) is 8.99. The summed E-state index contributed by atoms with van der Waals surface area (Å²) in [6.45, 7) is 5.86. The summed E-state index contributed by atoms with van der Waals surface area (Å²) in [5, 5.41) is 6.14. The minimum absolute atomic E-state index is 0.125. The maximum Gasteiger partial charge on any atom is 0.271 e. The average molecular weight is 276 g/mol. The number of hydrogen-bond acceptors (Lipinski definition) is 4. The Balaban J connectivity index is 1.88. The number of carbonyl (C=O) groups is 1. The molecule has 1 amide bonds. The van der Waals surface area contributed by atoms with Crippen molar-refractivity contribution in [3.63, 3.8) is 0 Å². The van der Waals surface area contributed by atoms with Crippen LogP contribution in [-0.2, 0) is 0 Å². The van der Waals surface area contributed by atoms with Gasteiger partial charge in [0.1, 0.15) is 11.5 Å². The first kappa shape index (κ1) is 14.8. The Morgan fingerprint density at radius 1 is 1.30 bits per heavy atom. The number of amides is 1. The Morgan fingerprint density at radius 3 is 2.75 bits per heavy atom. The molecule has 0 spiro atoms. The highest BCUT2D eigenvalue weighted by Gasteiger charge is 2.41. The van der Waals surface area contributed by atoms with E-state index >= 15 is 0 Å². The lowest BCUT2D eigenvalue weighted by Gasteiger charge is -2.14. The van der Waals surface area contributed by atoms with Crippen LogP contribution < -0.4 is 10.6 Å². The van der Waals surface area contributed by atoms with E-state index in [1.807, 2.05) is 0 Å². The normalized spacial score (nSPS) is 15.7. The van der Waals surface area contributed by atoms with Crippen LogP contribution in [0.5, 0.6) is 0 Å². The molecule has 1 aromatic rings. The number of aromatic nitrogens is 2. The van der Waals surface area contributed by atoms with E-state index in [1.165, 1.54) is 31.9 Å². The molecule has 0 aromatic carbocycles. The lowest BCUT2D eigenvalue weighted by molar-refractivity contribution is 0.0938. The first-order valence-corrected chi connectivity index (χ1v) is 7.53. The van der Waals surface area contributed by atoms with Crippen molar-refractivity contribution in [3.05, 3.63) is 18.1 Å². The van der Waals surface area contributed by atoms with E-state index in [-0.39, 0.29) is 5.91 Å². The zero-order valence-corrected chi connectivity index (χ0v) is 12.4. The fourth-order valence-corrected chi connectivity index (χ4v) is 2.39. The van der Waals surface area contributed by atoms with E-state index in [2.05, 4.69) is 34.4 Å². The highest BCUT2D eigenvalue weighted by Crippen LogP contribution is 2.48. The van der Waals surface area contributed by atoms with Crippen LogP contribution in [0.3, 0.4) is 0 Å².